The van der Waals surface area contributed by atoms with E-state index in [2.05, 4.69) is 33.0 Å². The molecule has 11 heteroatoms. The molecular weight excluding hydrogens is 498 g/mol. The first kappa shape index (κ1) is 23.6. The van der Waals surface area contributed by atoms with Crippen LogP contribution < -0.4 is 14.4 Å². The number of imidazole rings is 1. The predicted molar refractivity (Wildman–Crippen MR) is 139 cm³/mol. The molecular formula is C26H26ClN5O5. The lowest BCUT2D eigenvalue weighted by molar-refractivity contribution is -0.389. The molecule has 10 nitrogen and oxygen atoms in total. The van der Waals surface area contributed by atoms with Gasteiger partial charge in [0, 0.05) is 53.3 Å². The summed E-state index contributed by atoms with van der Waals surface area (Å²) in [7, 11) is 0. The van der Waals surface area contributed by atoms with Gasteiger partial charge in [-0.1, -0.05) is 11.6 Å². The van der Waals surface area contributed by atoms with E-state index in [9.17, 15) is 10.1 Å². The van der Waals surface area contributed by atoms with Gasteiger partial charge in [0.15, 0.2) is 5.60 Å². The highest BCUT2D eigenvalue weighted by atomic mass is 35.5. The summed E-state index contributed by atoms with van der Waals surface area (Å²) in [5.41, 5.74) is 1.34. The van der Waals surface area contributed by atoms with Crippen molar-refractivity contribution in [2.75, 3.05) is 37.7 Å². The van der Waals surface area contributed by atoms with Gasteiger partial charge in [0.25, 0.3) is 0 Å². The standard InChI is InChI=1S/C26H26ClN5O5/c1-26(16-31-15-24(32(33)34)28-25(31)37-26)17-35-21-6-4-20(5-7-21)30-10-8-29(9-11-30)14-22-12-18-2-3-19(27)13-23(18)36-22/h2-7,12-13,15H,8-11,14,16-17H2,1H3/t26-/m1/s1. The molecule has 0 amide bonds. The average Bonchev–Trinajstić information content (AvgIpc) is 3.54. The third-order valence-corrected chi connectivity index (χ3v) is 7.02. The van der Waals surface area contributed by atoms with Crippen LogP contribution in [0.5, 0.6) is 11.8 Å². The summed E-state index contributed by atoms with van der Waals surface area (Å²) in [5.74, 6) is 1.48. The van der Waals surface area contributed by atoms with Crippen LogP contribution in [0.15, 0.2) is 59.1 Å². The first-order valence-electron chi connectivity index (χ1n) is 12.1. The lowest BCUT2D eigenvalue weighted by Gasteiger charge is -2.35. The van der Waals surface area contributed by atoms with Crippen LogP contribution in [0.3, 0.4) is 0 Å². The van der Waals surface area contributed by atoms with Gasteiger partial charge in [-0.2, -0.15) is 0 Å². The number of halogens is 1. The molecule has 1 fully saturated rings. The zero-order valence-electron chi connectivity index (χ0n) is 20.3. The highest BCUT2D eigenvalue weighted by Gasteiger charge is 2.41. The SMILES string of the molecule is C[C@]1(COc2ccc(N3CCN(Cc4cc5ccc(Cl)cc5o4)CC3)cc2)Cn2cc([N+](=O)[O-])nc2O1. The highest BCUT2D eigenvalue weighted by molar-refractivity contribution is 6.31. The van der Waals surface area contributed by atoms with Gasteiger partial charge in [0.2, 0.25) is 0 Å². The minimum absolute atomic E-state index is 0.214. The summed E-state index contributed by atoms with van der Waals surface area (Å²) in [6, 6.07) is 16.1. The lowest BCUT2D eigenvalue weighted by atomic mass is 10.1. The van der Waals surface area contributed by atoms with Crippen molar-refractivity contribution in [2.45, 2.75) is 25.6 Å². The molecule has 37 heavy (non-hydrogen) atoms. The minimum atomic E-state index is -0.640. The van der Waals surface area contributed by atoms with Crippen LogP contribution >= 0.6 is 11.6 Å². The maximum absolute atomic E-state index is 10.9. The number of hydrogen-bond donors (Lipinski definition) is 0. The van der Waals surface area contributed by atoms with E-state index in [4.69, 9.17) is 25.5 Å². The van der Waals surface area contributed by atoms with Crippen LogP contribution in [-0.2, 0) is 13.1 Å². The summed E-state index contributed by atoms with van der Waals surface area (Å²) in [6.07, 6.45) is 1.39. The highest BCUT2D eigenvalue weighted by Crippen LogP contribution is 2.32. The van der Waals surface area contributed by atoms with Crippen LogP contribution in [0.1, 0.15) is 12.7 Å². The predicted octanol–water partition coefficient (Wildman–Crippen LogP) is 4.74. The van der Waals surface area contributed by atoms with Crippen molar-refractivity contribution >= 4 is 34.1 Å². The van der Waals surface area contributed by atoms with Crippen LogP contribution in [0.25, 0.3) is 11.0 Å². The maximum Gasteiger partial charge on any atom is 0.415 e. The van der Waals surface area contributed by atoms with E-state index in [0.717, 1.165) is 60.9 Å². The molecule has 0 aliphatic carbocycles. The number of rotatable bonds is 7. The fourth-order valence-electron chi connectivity index (χ4n) is 4.87. The Morgan fingerprint density at radius 1 is 1.14 bits per heavy atom. The number of aromatic nitrogens is 2. The van der Waals surface area contributed by atoms with Crippen LogP contribution in [0, 0.1) is 10.1 Å². The van der Waals surface area contributed by atoms with Crippen molar-refractivity contribution in [1.82, 2.24) is 14.5 Å². The molecule has 0 saturated carbocycles. The van der Waals surface area contributed by atoms with Gasteiger partial charge >= 0.3 is 11.8 Å². The van der Waals surface area contributed by atoms with Crippen LogP contribution in [0.4, 0.5) is 11.5 Å². The molecule has 2 aromatic heterocycles. The van der Waals surface area contributed by atoms with Crippen molar-refractivity contribution < 1.29 is 18.8 Å². The Labute approximate surface area is 218 Å². The van der Waals surface area contributed by atoms with E-state index >= 15 is 0 Å². The monoisotopic (exact) mass is 523 g/mol. The zero-order valence-corrected chi connectivity index (χ0v) is 21.1. The zero-order chi connectivity index (χ0) is 25.6. The van der Waals surface area contributed by atoms with E-state index in [1.54, 1.807) is 4.57 Å². The normalized spacial score (nSPS) is 19.7. The van der Waals surface area contributed by atoms with Crippen LogP contribution in [0.2, 0.25) is 5.02 Å². The molecule has 2 aliphatic rings. The second-order valence-electron chi connectivity index (χ2n) is 9.76. The number of nitrogens with zero attached hydrogens (tertiary/aromatic N) is 5. The Kier molecular flexibility index (Phi) is 5.92. The van der Waals surface area contributed by atoms with E-state index in [1.165, 1.54) is 6.20 Å². The Bertz CT molecular complexity index is 1420. The Hall–Kier alpha value is -3.76. The van der Waals surface area contributed by atoms with Crippen LogP contribution in [-0.4, -0.2) is 57.8 Å². The minimum Gasteiger partial charge on any atom is -0.489 e. The Morgan fingerprint density at radius 2 is 1.92 bits per heavy atom. The number of anilines is 1. The number of piperazine rings is 1. The smallest absolute Gasteiger partial charge is 0.415 e. The average molecular weight is 524 g/mol. The molecule has 4 aromatic rings. The second-order valence-corrected chi connectivity index (χ2v) is 10.2. The third-order valence-electron chi connectivity index (χ3n) is 6.79. The molecule has 1 saturated heterocycles. The first-order valence-corrected chi connectivity index (χ1v) is 12.5. The summed E-state index contributed by atoms with van der Waals surface area (Å²) >= 11 is 6.07. The lowest BCUT2D eigenvalue weighted by Crippen LogP contribution is -2.45. The second kappa shape index (κ2) is 9.28. The van der Waals surface area contributed by atoms with Gasteiger partial charge in [0.05, 0.1) is 13.1 Å². The Balaban J connectivity index is 0.993. The van der Waals surface area contributed by atoms with Crippen molar-refractivity contribution in [3.8, 4) is 11.8 Å². The molecule has 0 spiro atoms. The Morgan fingerprint density at radius 3 is 2.65 bits per heavy atom. The molecule has 192 valence electrons. The van der Waals surface area contributed by atoms with Gasteiger partial charge in [-0.05, 0) is 54.3 Å². The topological polar surface area (TPSA) is 99.0 Å². The summed E-state index contributed by atoms with van der Waals surface area (Å²) in [6.45, 7) is 7.16. The molecule has 1 atom stereocenters. The van der Waals surface area contributed by atoms with E-state index in [0.29, 0.717) is 18.2 Å². The fourth-order valence-corrected chi connectivity index (χ4v) is 5.03. The number of nitro groups is 1. The summed E-state index contributed by atoms with van der Waals surface area (Å²) in [4.78, 5) is 19.0. The fraction of sp³-hybridized carbons (Fsp3) is 0.346. The van der Waals surface area contributed by atoms with Crippen molar-refractivity contribution in [2.24, 2.45) is 0 Å². The van der Waals surface area contributed by atoms with Gasteiger partial charge in [-0.25, -0.2) is 0 Å². The van der Waals surface area contributed by atoms with E-state index in [-0.39, 0.29) is 11.8 Å². The largest absolute Gasteiger partial charge is 0.489 e. The molecule has 0 bridgehead atoms. The van der Waals surface area contributed by atoms with Crippen molar-refractivity contribution in [1.29, 1.82) is 0 Å². The summed E-state index contributed by atoms with van der Waals surface area (Å²) in [5, 5.41) is 12.6. The molecule has 0 radical (unpaired) electrons. The summed E-state index contributed by atoms with van der Waals surface area (Å²) < 4.78 is 19.4. The maximum atomic E-state index is 10.9. The molecule has 0 N–H and O–H groups in total. The number of fused-ring (bicyclic) bond motifs is 2. The van der Waals surface area contributed by atoms with E-state index < -0.39 is 10.5 Å². The molecule has 2 aromatic carbocycles. The van der Waals surface area contributed by atoms with Gasteiger partial charge in [-0.3, -0.25) is 9.47 Å². The number of hydrogen-bond acceptors (Lipinski definition) is 8. The van der Waals surface area contributed by atoms with Gasteiger partial charge < -0.3 is 28.9 Å². The van der Waals surface area contributed by atoms with Gasteiger partial charge in [-0.15, -0.1) is 0 Å². The quantitative estimate of drug-likeness (QED) is 0.253. The van der Waals surface area contributed by atoms with Gasteiger partial charge in [0.1, 0.15) is 29.9 Å². The molecule has 6 rings (SSSR count). The number of ether oxygens (including phenoxy) is 2. The molecule has 2 aliphatic heterocycles. The third kappa shape index (κ3) is 4.94. The van der Waals surface area contributed by atoms with Crippen molar-refractivity contribution in [3.63, 3.8) is 0 Å². The van der Waals surface area contributed by atoms with Crippen molar-refractivity contribution in [3.05, 3.63) is 75.6 Å². The van der Waals surface area contributed by atoms with E-state index in [1.807, 2.05) is 37.3 Å². The number of benzene rings is 2. The molecule has 0 unspecified atom stereocenters. The first-order chi connectivity index (χ1) is 17.8. The number of furan rings is 1. The molecule has 4 heterocycles.